The Labute approximate surface area is 174 Å². The van der Waals surface area contributed by atoms with E-state index in [-0.39, 0.29) is 0 Å². The van der Waals surface area contributed by atoms with Crippen LogP contribution in [0.15, 0.2) is 48.5 Å². The summed E-state index contributed by atoms with van der Waals surface area (Å²) < 4.78 is 3.88. The molecule has 0 bridgehead atoms. The van der Waals surface area contributed by atoms with Gasteiger partial charge in [0.05, 0.1) is 0 Å². The van der Waals surface area contributed by atoms with Gasteiger partial charge in [-0.25, -0.2) is 0 Å². The van der Waals surface area contributed by atoms with E-state index in [2.05, 4.69) is 91.2 Å². The summed E-state index contributed by atoms with van der Waals surface area (Å²) in [5.41, 5.74) is 3.84. The molecule has 0 N–H and O–H groups in total. The zero-order chi connectivity index (χ0) is 19.8. The van der Waals surface area contributed by atoms with Crippen LogP contribution in [0.25, 0.3) is 22.4 Å². The maximum atomic E-state index is 2.50. The van der Waals surface area contributed by atoms with Crippen LogP contribution < -0.4 is 9.47 Å². The average Bonchev–Trinajstić information content (AvgIpc) is 3.07. The summed E-state index contributed by atoms with van der Waals surface area (Å²) >= 11 is 1.89. The molecule has 0 saturated heterocycles. The third kappa shape index (κ3) is 5.45. The second-order valence-electron chi connectivity index (χ2n) is 7.65. The van der Waals surface area contributed by atoms with Gasteiger partial charge >= 0.3 is 0 Å². The van der Waals surface area contributed by atoms with E-state index in [0.29, 0.717) is 0 Å². The molecule has 28 heavy (non-hydrogen) atoms. The summed E-state index contributed by atoms with van der Waals surface area (Å²) in [7, 11) is 4.15. The monoisotopic (exact) mass is 393 g/mol. The Bertz CT molecular complexity index is 891. The van der Waals surface area contributed by atoms with Crippen LogP contribution in [0.3, 0.4) is 0 Å². The van der Waals surface area contributed by atoms with Gasteiger partial charge in [-0.05, 0) is 36.3 Å². The standard InChI is InChI=1S/C25H33N2S/c1-4-5-6-7-8-11-20-27-23-12-9-10-13-24(23)28-25(27)19-16-21-14-17-22(18-15-21)26(2)3/h9-10,12-19H,4-8,11,20H2,1-3H3/q+1. The van der Waals surface area contributed by atoms with Crippen molar-refractivity contribution in [2.24, 2.45) is 0 Å². The molecule has 0 aliphatic carbocycles. The fourth-order valence-corrected chi connectivity index (χ4v) is 4.60. The molecule has 0 atom stereocenters. The van der Waals surface area contributed by atoms with Crippen molar-refractivity contribution in [1.29, 1.82) is 0 Å². The molecule has 0 spiro atoms. The fraction of sp³-hybridized carbons (Fsp3) is 0.400. The molecule has 0 aliphatic rings. The molecule has 2 nitrogen and oxygen atoms in total. The lowest BCUT2D eigenvalue weighted by Gasteiger charge is -2.11. The summed E-state index contributed by atoms with van der Waals surface area (Å²) in [6.45, 7) is 3.38. The number of aromatic nitrogens is 1. The summed E-state index contributed by atoms with van der Waals surface area (Å²) in [6.07, 6.45) is 12.5. The van der Waals surface area contributed by atoms with E-state index in [1.807, 2.05) is 11.3 Å². The number of para-hydroxylation sites is 1. The lowest BCUT2D eigenvalue weighted by atomic mass is 10.1. The number of nitrogens with zero attached hydrogens (tertiary/aromatic N) is 2. The minimum Gasteiger partial charge on any atom is -0.378 e. The first-order valence-corrected chi connectivity index (χ1v) is 11.4. The van der Waals surface area contributed by atoms with E-state index in [4.69, 9.17) is 0 Å². The number of hydrogen-bond donors (Lipinski definition) is 0. The Morgan fingerprint density at radius 2 is 1.57 bits per heavy atom. The Morgan fingerprint density at radius 1 is 0.857 bits per heavy atom. The predicted octanol–water partition coefficient (Wildman–Crippen LogP) is 6.79. The first kappa shape index (κ1) is 20.6. The van der Waals surface area contributed by atoms with Gasteiger partial charge in [0.1, 0.15) is 4.70 Å². The third-order valence-corrected chi connectivity index (χ3v) is 6.33. The summed E-state index contributed by atoms with van der Waals surface area (Å²) in [6, 6.07) is 17.5. The van der Waals surface area contributed by atoms with Crippen LogP contribution in [0.5, 0.6) is 0 Å². The van der Waals surface area contributed by atoms with Crippen LogP contribution in [-0.2, 0) is 6.54 Å². The van der Waals surface area contributed by atoms with Crippen molar-refractivity contribution in [2.75, 3.05) is 19.0 Å². The van der Waals surface area contributed by atoms with Crippen LogP contribution in [0.2, 0.25) is 0 Å². The molecular weight excluding hydrogens is 360 g/mol. The molecule has 3 aromatic rings. The number of aryl methyl sites for hydroxylation is 1. The molecule has 3 heteroatoms. The highest BCUT2D eigenvalue weighted by Gasteiger charge is 2.17. The first-order valence-electron chi connectivity index (χ1n) is 10.6. The number of fused-ring (bicyclic) bond motifs is 1. The number of unbranched alkanes of at least 4 members (excludes halogenated alkanes) is 5. The molecule has 0 aliphatic heterocycles. The minimum atomic E-state index is 1.11. The predicted molar refractivity (Wildman–Crippen MR) is 125 cm³/mol. The zero-order valence-electron chi connectivity index (χ0n) is 17.5. The summed E-state index contributed by atoms with van der Waals surface area (Å²) in [4.78, 5) is 2.13. The van der Waals surface area contributed by atoms with Crippen LogP contribution in [0, 0.1) is 0 Å². The van der Waals surface area contributed by atoms with Crippen LogP contribution >= 0.6 is 11.3 Å². The molecule has 0 unspecified atom stereocenters. The second-order valence-corrected chi connectivity index (χ2v) is 8.71. The van der Waals surface area contributed by atoms with Crippen molar-refractivity contribution in [2.45, 2.75) is 52.0 Å². The Hall–Kier alpha value is -2.13. The lowest BCUT2D eigenvalue weighted by molar-refractivity contribution is -0.669. The number of rotatable bonds is 10. The topological polar surface area (TPSA) is 7.12 Å². The highest BCUT2D eigenvalue weighted by molar-refractivity contribution is 7.18. The molecule has 2 aromatic carbocycles. The molecule has 148 valence electrons. The fourth-order valence-electron chi connectivity index (χ4n) is 3.51. The molecule has 0 amide bonds. The zero-order valence-corrected chi connectivity index (χ0v) is 18.3. The Kier molecular flexibility index (Phi) is 7.67. The van der Waals surface area contributed by atoms with Gasteiger partial charge < -0.3 is 4.90 Å². The normalized spacial score (nSPS) is 11.5. The van der Waals surface area contributed by atoms with Crippen molar-refractivity contribution in [3.8, 4) is 0 Å². The van der Waals surface area contributed by atoms with Gasteiger partial charge in [-0.2, -0.15) is 4.57 Å². The molecule has 0 saturated carbocycles. The SMILES string of the molecule is CCCCCCCC[n+]1c(/C=C/c2ccc(N(C)C)cc2)sc2ccccc21. The van der Waals surface area contributed by atoms with Crippen molar-refractivity contribution >= 4 is 39.4 Å². The Balaban J connectivity index is 1.74. The van der Waals surface area contributed by atoms with Crippen molar-refractivity contribution in [3.63, 3.8) is 0 Å². The smallest absolute Gasteiger partial charge is 0.262 e. The third-order valence-electron chi connectivity index (χ3n) is 5.20. The van der Waals surface area contributed by atoms with E-state index in [9.17, 15) is 0 Å². The maximum absolute atomic E-state index is 2.50. The highest BCUT2D eigenvalue weighted by Crippen LogP contribution is 2.23. The molecule has 1 aromatic heterocycles. The number of anilines is 1. The molecule has 3 rings (SSSR count). The quantitative estimate of drug-likeness (QED) is 0.272. The van der Waals surface area contributed by atoms with Crippen LogP contribution in [0.1, 0.15) is 56.0 Å². The Morgan fingerprint density at radius 3 is 2.32 bits per heavy atom. The van der Waals surface area contributed by atoms with Gasteiger partial charge in [-0.15, -0.1) is 0 Å². The molecular formula is C25H33N2S+. The minimum absolute atomic E-state index is 1.11. The van der Waals surface area contributed by atoms with E-state index in [1.165, 1.54) is 65.0 Å². The molecule has 0 radical (unpaired) electrons. The molecule has 1 heterocycles. The van der Waals surface area contributed by atoms with Gasteiger partial charge in [0.25, 0.3) is 5.01 Å². The second kappa shape index (κ2) is 10.4. The number of benzene rings is 2. The van der Waals surface area contributed by atoms with Crippen LogP contribution in [0.4, 0.5) is 5.69 Å². The van der Waals surface area contributed by atoms with Gasteiger partial charge in [0, 0.05) is 38.3 Å². The van der Waals surface area contributed by atoms with Gasteiger partial charge in [-0.1, -0.05) is 68.2 Å². The van der Waals surface area contributed by atoms with E-state index < -0.39 is 0 Å². The summed E-state index contributed by atoms with van der Waals surface area (Å²) in [5, 5.41) is 1.34. The van der Waals surface area contributed by atoms with E-state index in [1.54, 1.807) is 0 Å². The largest absolute Gasteiger partial charge is 0.378 e. The number of hydrogen-bond acceptors (Lipinski definition) is 2. The first-order chi connectivity index (χ1) is 13.7. The van der Waals surface area contributed by atoms with E-state index >= 15 is 0 Å². The van der Waals surface area contributed by atoms with Crippen LogP contribution in [-0.4, -0.2) is 14.1 Å². The lowest BCUT2D eigenvalue weighted by Crippen LogP contribution is -2.34. The van der Waals surface area contributed by atoms with Crippen molar-refractivity contribution in [3.05, 3.63) is 59.1 Å². The van der Waals surface area contributed by atoms with Gasteiger partial charge in [-0.3, -0.25) is 0 Å². The number of thiazole rings is 1. The average molecular weight is 394 g/mol. The van der Waals surface area contributed by atoms with Crippen molar-refractivity contribution in [1.82, 2.24) is 0 Å². The van der Waals surface area contributed by atoms with Crippen molar-refractivity contribution < 1.29 is 4.57 Å². The maximum Gasteiger partial charge on any atom is 0.262 e. The van der Waals surface area contributed by atoms with Gasteiger partial charge in [0.2, 0.25) is 5.52 Å². The van der Waals surface area contributed by atoms with Gasteiger partial charge in [0.15, 0.2) is 6.54 Å². The van der Waals surface area contributed by atoms with E-state index in [0.717, 1.165) is 6.54 Å². The molecule has 0 fully saturated rings. The highest BCUT2D eigenvalue weighted by atomic mass is 32.1. The summed E-state index contributed by atoms with van der Waals surface area (Å²) in [5.74, 6) is 0.